The van der Waals surface area contributed by atoms with Gasteiger partial charge in [-0.1, -0.05) is 35.3 Å². The normalized spacial score (nSPS) is 12.6. The van der Waals surface area contributed by atoms with Gasteiger partial charge < -0.3 is 47.4 Å². The summed E-state index contributed by atoms with van der Waals surface area (Å²) in [5.74, 6) is 3.24. The first-order chi connectivity index (χ1) is 18.9. The fraction of sp³-hybridized carbons (Fsp3) is 0.538. The summed E-state index contributed by atoms with van der Waals surface area (Å²) < 4.78 is 56.5. The Morgan fingerprint density at radius 1 is 0.513 bits per heavy atom. The van der Waals surface area contributed by atoms with Gasteiger partial charge in [0.05, 0.1) is 75.5 Å². The number of rotatable bonds is 18. The van der Waals surface area contributed by atoms with E-state index in [9.17, 15) is 0 Å². The number of ether oxygens (including phenoxy) is 10. The van der Waals surface area contributed by atoms with Gasteiger partial charge in [-0.2, -0.15) is 0 Å². The lowest BCUT2D eigenvalue weighted by molar-refractivity contribution is 0.0811. The molecule has 0 saturated carbocycles. The van der Waals surface area contributed by atoms with Gasteiger partial charge in [0.15, 0.2) is 23.0 Å². The summed E-state index contributed by atoms with van der Waals surface area (Å²) >= 11 is 4.23. The summed E-state index contributed by atoms with van der Waals surface area (Å²) in [4.78, 5) is 2.91. The summed E-state index contributed by atoms with van der Waals surface area (Å²) in [7, 11) is 16.0. The van der Waals surface area contributed by atoms with E-state index in [2.05, 4.69) is 0 Å². The zero-order chi connectivity index (χ0) is 28.9. The Bertz CT molecular complexity index is 972. The molecule has 2 atom stereocenters. The minimum atomic E-state index is -0.284. The van der Waals surface area contributed by atoms with Crippen molar-refractivity contribution in [3.8, 4) is 34.5 Å². The Balaban J connectivity index is 2.68. The first kappa shape index (κ1) is 33.3. The smallest absolute Gasteiger partial charge is 0.179 e. The molecule has 2 rings (SSSR count). The van der Waals surface area contributed by atoms with Crippen molar-refractivity contribution in [2.24, 2.45) is 0 Å². The second-order valence-electron chi connectivity index (χ2n) is 7.52. The van der Waals surface area contributed by atoms with Crippen LogP contribution in [0.2, 0.25) is 0 Å². The standard InChI is InChI=1S/C26H38O10S3/c1-27-13-19(31-5)38-25-15(29-3)11-17(21(33-7)23(25)35-9)37-18-12-16(30-4)26(24(36-10)22(18)34-8)39-20(32-6)14-28-2/h11-12,19-20H,13-14H2,1-10H3. The summed E-state index contributed by atoms with van der Waals surface area (Å²) in [5.41, 5.74) is -0.567. The fourth-order valence-corrected chi connectivity index (χ4v) is 6.86. The van der Waals surface area contributed by atoms with Crippen LogP contribution in [0.15, 0.2) is 31.7 Å². The Morgan fingerprint density at radius 3 is 1.13 bits per heavy atom. The Hall–Kier alpha value is -1.87. The molecule has 0 aromatic heterocycles. The lowest BCUT2D eigenvalue weighted by Gasteiger charge is -2.23. The van der Waals surface area contributed by atoms with Crippen molar-refractivity contribution in [2.45, 2.75) is 30.5 Å². The number of benzene rings is 2. The molecule has 0 saturated heterocycles. The predicted octanol–water partition coefficient (Wildman–Crippen LogP) is 5.31. The number of hydrogen-bond acceptors (Lipinski definition) is 13. The highest BCUT2D eigenvalue weighted by Crippen LogP contribution is 2.56. The fourth-order valence-electron chi connectivity index (χ4n) is 3.54. The second kappa shape index (κ2) is 17.1. The van der Waals surface area contributed by atoms with Crippen LogP contribution in [0, 0.1) is 0 Å². The molecule has 0 aliphatic carbocycles. The van der Waals surface area contributed by atoms with Crippen LogP contribution in [0.5, 0.6) is 34.5 Å². The third-order valence-electron chi connectivity index (χ3n) is 5.35. The highest BCUT2D eigenvalue weighted by atomic mass is 32.2. The van der Waals surface area contributed by atoms with Crippen molar-refractivity contribution in [3.63, 3.8) is 0 Å². The molecular formula is C26H38O10S3. The summed E-state index contributed by atoms with van der Waals surface area (Å²) in [6.07, 6.45) is 0. The number of methoxy groups -OCH3 is 10. The summed E-state index contributed by atoms with van der Waals surface area (Å²) in [6.45, 7) is 0.753. The maximum Gasteiger partial charge on any atom is 0.179 e. The molecule has 2 aromatic rings. The van der Waals surface area contributed by atoms with Crippen molar-refractivity contribution in [1.82, 2.24) is 0 Å². The van der Waals surface area contributed by atoms with Crippen LogP contribution in [0.25, 0.3) is 0 Å². The van der Waals surface area contributed by atoms with E-state index in [0.29, 0.717) is 47.7 Å². The zero-order valence-corrected chi connectivity index (χ0v) is 26.5. The third kappa shape index (κ3) is 8.09. The Morgan fingerprint density at radius 2 is 0.872 bits per heavy atom. The zero-order valence-electron chi connectivity index (χ0n) is 24.0. The van der Waals surface area contributed by atoms with Gasteiger partial charge in [0.1, 0.15) is 22.4 Å². The van der Waals surface area contributed by atoms with Gasteiger partial charge in [-0.05, 0) is 12.1 Å². The second-order valence-corrected chi connectivity index (χ2v) is 10.9. The molecule has 2 unspecified atom stereocenters. The van der Waals surface area contributed by atoms with Crippen LogP contribution in [0.3, 0.4) is 0 Å². The average molecular weight is 607 g/mol. The summed E-state index contributed by atoms with van der Waals surface area (Å²) in [5, 5.41) is 0. The average Bonchev–Trinajstić information content (AvgIpc) is 2.96. The lowest BCUT2D eigenvalue weighted by Crippen LogP contribution is -2.13. The van der Waals surface area contributed by atoms with Crippen molar-refractivity contribution in [2.75, 3.05) is 84.3 Å². The monoisotopic (exact) mass is 606 g/mol. The lowest BCUT2D eigenvalue weighted by atomic mass is 10.3. The molecule has 10 nitrogen and oxygen atoms in total. The molecule has 0 spiro atoms. The molecule has 0 N–H and O–H groups in total. The quantitative estimate of drug-likeness (QED) is 0.162. The summed E-state index contributed by atoms with van der Waals surface area (Å²) in [6, 6.07) is 3.77. The van der Waals surface area contributed by atoms with E-state index >= 15 is 0 Å². The number of hydrogen-bond donors (Lipinski definition) is 0. The molecule has 0 heterocycles. The van der Waals surface area contributed by atoms with Crippen LogP contribution in [-0.2, 0) is 18.9 Å². The third-order valence-corrected chi connectivity index (χ3v) is 8.82. The highest BCUT2D eigenvalue weighted by Gasteiger charge is 2.28. The van der Waals surface area contributed by atoms with Crippen LogP contribution in [0.4, 0.5) is 0 Å². The molecule has 39 heavy (non-hydrogen) atoms. The minimum Gasteiger partial charge on any atom is -0.495 e. The molecule has 0 aliphatic rings. The number of thioether (sulfide) groups is 2. The Labute approximate surface area is 243 Å². The maximum atomic E-state index is 5.83. The topological polar surface area (TPSA) is 92.3 Å². The highest BCUT2D eigenvalue weighted by molar-refractivity contribution is 8.00. The van der Waals surface area contributed by atoms with Crippen LogP contribution in [0.1, 0.15) is 0 Å². The van der Waals surface area contributed by atoms with E-state index in [1.165, 1.54) is 35.3 Å². The van der Waals surface area contributed by atoms with E-state index < -0.39 is 0 Å². The molecule has 0 fully saturated rings. The van der Waals surface area contributed by atoms with Crippen molar-refractivity contribution < 1.29 is 47.4 Å². The van der Waals surface area contributed by atoms with Gasteiger partial charge in [-0.3, -0.25) is 0 Å². The maximum absolute atomic E-state index is 5.83. The van der Waals surface area contributed by atoms with Crippen LogP contribution < -0.4 is 28.4 Å². The van der Waals surface area contributed by atoms with Crippen molar-refractivity contribution in [1.29, 1.82) is 0 Å². The molecule has 0 amide bonds. The van der Waals surface area contributed by atoms with Crippen molar-refractivity contribution >= 4 is 35.3 Å². The van der Waals surface area contributed by atoms with Gasteiger partial charge in [-0.15, -0.1) is 0 Å². The molecule has 0 radical (unpaired) electrons. The van der Waals surface area contributed by atoms with E-state index in [1.54, 1.807) is 71.1 Å². The minimum absolute atomic E-state index is 0.284. The van der Waals surface area contributed by atoms with Gasteiger partial charge >= 0.3 is 0 Å². The molecule has 13 heteroatoms. The van der Waals surface area contributed by atoms with Gasteiger partial charge in [-0.25, -0.2) is 0 Å². The Kier molecular flexibility index (Phi) is 14.6. The van der Waals surface area contributed by atoms with Crippen LogP contribution >= 0.6 is 35.3 Å². The van der Waals surface area contributed by atoms with Gasteiger partial charge in [0, 0.05) is 28.4 Å². The van der Waals surface area contributed by atoms with E-state index in [1.807, 2.05) is 12.1 Å². The molecule has 2 aromatic carbocycles. The van der Waals surface area contributed by atoms with Gasteiger partial charge in [0.25, 0.3) is 0 Å². The van der Waals surface area contributed by atoms with Crippen molar-refractivity contribution in [3.05, 3.63) is 12.1 Å². The first-order valence-corrected chi connectivity index (χ1v) is 14.2. The first-order valence-electron chi connectivity index (χ1n) is 11.6. The SMILES string of the molecule is COCC(OC)Sc1c(OC)cc(Sc2cc(OC)c(SC(COC)OC)c(OC)c2OC)c(OC)c1OC. The van der Waals surface area contributed by atoms with Gasteiger partial charge in [0.2, 0.25) is 0 Å². The van der Waals surface area contributed by atoms with Crippen LogP contribution in [-0.4, -0.2) is 95.2 Å². The molecule has 220 valence electrons. The van der Waals surface area contributed by atoms with E-state index in [-0.39, 0.29) is 10.9 Å². The largest absolute Gasteiger partial charge is 0.495 e. The van der Waals surface area contributed by atoms with E-state index in [0.717, 1.165) is 19.6 Å². The molecule has 0 bridgehead atoms. The molecule has 0 aliphatic heterocycles. The molecular weight excluding hydrogens is 568 g/mol. The van der Waals surface area contributed by atoms with E-state index in [4.69, 9.17) is 47.4 Å². The predicted molar refractivity (Wildman–Crippen MR) is 153 cm³/mol.